The van der Waals surface area contributed by atoms with Crippen LogP contribution in [0.25, 0.3) is 0 Å². The lowest BCUT2D eigenvalue weighted by Gasteiger charge is -2.23. The van der Waals surface area contributed by atoms with E-state index in [9.17, 15) is 4.79 Å². The van der Waals surface area contributed by atoms with Crippen molar-refractivity contribution in [2.45, 2.75) is 19.4 Å². The molecule has 0 aliphatic carbocycles. The molecule has 0 unspecified atom stereocenters. The molecule has 0 spiro atoms. The summed E-state index contributed by atoms with van der Waals surface area (Å²) in [6.07, 6.45) is 2.27. The summed E-state index contributed by atoms with van der Waals surface area (Å²) in [7, 11) is 0. The molecule has 3 aromatic carbocycles. The average molecular weight is 466 g/mol. The number of nitrogens with one attached hydrogen (secondary N) is 2. The van der Waals surface area contributed by atoms with Gasteiger partial charge in [0.1, 0.15) is 12.4 Å². The van der Waals surface area contributed by atoms with E-state index in [1.807, 2.05) is 48.5 Å². The van der Waals surface area contributed by atoms with Crippen LogP contribution in [0.3, 0.4) is 0 Å². The van der Waals surface area contributed by atoms with E-state index in [0.717, 1.165) is 42.9 Å². The average Bonchev–Trinajstić information content (AvgIpc) is 3.33. The highest BCUT2D eigenvalue weighted by molar-refractivity contribution is 7.80. The maximum atomic E-state index is 12.6. The molecular formula is C25H24ClN3O2S. The highest BCUT2D eigenvalue weighted by Crippen LogP contribution is 2.35. The van der Waals surface area contributed by atoms with Crippen molar-refractivity contribution in [2.75, 3.05) is 23.3 Å². The van der Waals surface area contributed by atoms with Crippen LogP contribution >= 0.6 is 23.8 Å². The number of carbonyl (C=O) groups excluding carboxylic acids is 1. The Morgan fingerprint density at radius 1 is 0.969 bits per heavy atom. The van der Waals surface area contributed by atoms with Gasteiger partial charge < -0.3 is 15.0 Å². The molecule has 1 saturated heterocycles. The number of rotatable bonds is 6. The largest absolute Gasteiger partial charge is 0.489 e. The minimum absolute atomic E-state index is 0.224. The first-order chi connectivity index (χ1) is 15.6. The SMILES string of the molecule is O=C(NC(=S)Nc1cccc(Cl)c1N1CCCC1)c1ccc(OCc2ccccc2)cc1. The molecule has 3 aromatic rings. The van der Waals surface area contributed by atoms with Gasteiger partial charge in [0.2, 0.25) is 0 Å². The number of hydrogen-bond acceptors (Lipinski definition) is 4. The van der Waals surface area contributed by atoms with Gasteiger partial charge in [-0.2, -0.15) is 0 Å². The summed E-state index contributed by atoms with van der Waals surface area (Å²) in [6.45, 7) is 2.38. The number of nitrogens with zero attached hydrogens (tertiary/aromatic N) is 1. The van der Waals surface area contributed by atoms with Gasteiger partial charge in [0.15, 0.2) is 5.11 Å². The van der Waals surface area contributed by atoms with Gasteiger partial charge in [0.05, 0.1) is 16.4 Å². The summed E-state index contributed by atoms with van der Waals surface area (Å²) in [4.78, 5) is 14.9. The first-order valence-corrected chi connectivity index (χ1v) is 11.3. The van der Waals surface area contributed by atoms with Crippen molar-refractivity contribution in [3.05, 3.63) is 88.9 Å². The molecule has 4 rings (SSSR count). The van der Waals surface area contributed by atoms with Gasteiger partial charge in [0.25, 0.3) is 5.91 Å². The van der Waals surface area contributed by atoms with Crippen LogP contribution in [-0.2, 0) is 6.61 Å². The van der Waals surface area contributed by atoms with E-state index in [1.54, 1.807) is 24.3 Å². The predicted octanol–water partition coefficient (Wildman–Crippen LogP) is 5.65. The number of ether oxygens (including phenoxy) is 1. The molecule has 0 radical (unpaired) electrons. The topological polar surface area (TPSA) is 53.6 Å². The fourth-order valence-electron chi connectivity index (χ4n) is 3.65. The summed E-state index contributed by atoms with van der Waals surface area (Å²) in [5.74, 6) is 0.405. The van der Waals surface area contributed by atoms with Crippen molar-refractivity contribution < 1.29 is 9.53 Å². The zero-order valence-corrected chi connectivity index (χ0v) is 19.1. The van der Waals surface area contributed by atoms with Crippen molar-refractivity contribution in [3.8, 4) is 5.75 Å². The highest BCUT2D eigenvalue weighted by atomic mass is 35.5. The van der Waals surface area contributed by atoms with Crippen molar-refractivity contribution >= 4 is 46.2 Å². The van der Waals surface area contributed by atoms with Crippen molar-refractivity contribution in [2.24, 2.45) is 0 Å². The lowest BCUT2D eigenvalue weighted by molar-refractivity contribution is 0.0977. The summed E-state index contributed by atoms with van der Waals surface area (Å²) in [5.41, 5.74) is 3.28. The summed E-state index contributed by atoms with van der Waals surface area (Å²) < 4.78 is 5.77. The third-order valence-electron chi connectivity index (χ3n) is 5.25. The molecule has 0 saturated carbocycles. The monoisotopic (exact) mass is 465 g/mol. The van der Waals surface area contributed by atoms with Gasteiger partial charge in [-0.1, -0.05) is 48.0 Å². The third kappa shape index (κ3) is 5.58. The Hall–Kier alpha value is -3.09. The van der Waals surface area contributed by atoms with E-state index in [4.69, 9.17) is 28.6 Å². The number of halogens is 1. The lowest BCUT2D eigenvalue weighted by atomic mass is 10.2. The van der Waals surface area contributed by atoms with Crippen molar-refractivity contribution in [1.29, 1.82) is 0 Å². The van der Waals surface area contributed by atoms with E-state index in [1.165, 1.54) is 0 Å². The fraction of sp³-hybridized carbons (Fsp3) is 0.200. The molecule has 0 bridgehead atoms. The maximum absolute atomic E-state index is 12.6. The molecule has 1 aliphatic rings. The molecule has 164 valence electrons. The second-order valence-electron chi connectivity index (χ2n) is 7.54. The fourth-order valence-corrected chi connectivity index (χ4v) is 4.15. The third-order valence-corrected chi connectivity index (χ3v) is 5.76. The zero-order valence-electron chi connectivity index (χ0n) is 17.5. The summed E-state index contributed by atoms with van der Waals surface area (Å²) in [5, 5.41) is 6.75. The van der Waals surface area contributed by atoms with Gasteiger partial charge >= 0.3 is 0 Å². The van der Waals surface area contributed by atoms with E-state index in [-0.39, 0.29) is 11.0 Å². The molecule has 7 heteroatoms. The molecule has 5 nitrogen and oxygen atoms in total. The summed E-state index contributed by atoms with van der Waals surface area (Å²) >= 11 is 11.8. The Bertz CT molecular complexity index is 1080. The molecule has 2 N–H and O–H groups in total. The van der Waals surface area contributed by atoms with Crippen LogP contribution in [0.4, 0.5) is 11.4 Å². The van der Waals surface area contributed by atoms with E-state index >= 15 is 0 Å². The Balaban J connectivity index is 1.35. The number of para-hydroxylation sites is 1. The molecule has 1 fully saturated rings. The molecule has 1 aliphatic heterocycles. The van der Waals surface area contributed by atoms with Gasteiger partial charge in [-0.15, -0.1) is 0 Å². The minimum Gasteiger partial charge on any atom is -0.489 e. The Kier molecular flexibility index (Phi) is 7.24. The van der Waals surface area contributed by atoms with Crippen molar-refractivity contribution in [3.63, 3.8) is 0 Å². The number of carbonyl (C=O) groups is 1. The number of benzene rings is 3. The molecule has 0 aromatic heterocycles. The molecular weight excluding hydrogens is 442 g/mol. The second-order valence-corrected chi connectivity index (χ2v) is 8.35. The van der Waals surface area contributed by atoms with Crippen LogP contribution in [0.15, 0.2) is 72.8 Å². The van der Waals surface area contributed by atoms with Crippen LogP contribution in [0, 0.1) is 0 Å². The van der Waals surface area contributed by atoms with Gasteiger partial charge in [0, 0.05) is 18.7 Å². The Morgan fingerprint density at radius 3 is 2.41 bits per heavy atom. The maximum Gasteiger partial charge on any atom is 0.257 e. The predicted molar refractivity (Wildman–Crippen MR) is 134 cm³/mol. The molecule has 1 heterocycles. The zero-order chi connectivity index (χ0) is 22.3. The van der Waals surface area contributed by atoms with Crippen LogP contribution in [-0.4, -0.2) is 24.1 Å². The number of thiocarbonyl (C=S) groups is 1. The Morgan fingerprint density at radius 2 is 1.69 bits per heavy atom. The second kappa shape index (κ2) is 10.5. The van der Waals surface area contributed by atoms with E-state index in [0.29, 0.717) is 22.9 Å². The minimum atomic E-state index is -0.290. The highest BCUT2D eigenvalue weighted by Gasteiger charge is 2.19. The van der Waals surface area contributed by atoms with Gasteiger partial charge in [-0.25, -0.2) is 0 Å². The number of amides is 1. The molecule has 32 heavy (non-hydrogen) atoms. The van der Waals surface area contributed by atoms with Crippen molar-refractivity contribution in [1.82, 2.24) is 5.32 Å². The van der Waals surface area contributed by atoms with E-state index < -0.39 is 0 Å². The van der Waals surface area contributed by atoms with E-state index in [2.05, 4.69) is 15.5 Å². The summed E-state index contributed by atoms with van der Waals surface area (Å²) in [6, 6.07) is 22.5. The first kappa shape index (κ1) is 22.1. The van der Waals surface area contributed by atoms with Crippen LogP contribution in [0.1, 0.15) is 28.8 Å². The normalized spacial score (nSPS) is 13.0. The Labute approximate surface area is 198 Å². The molecule has 0 atom stereocenters. The quantitative estimate of drug-likeness (QED) is 0.461. The van der Waals surface area contributed by atoms with Crippen LogP contribution < -0.4 is 20.3 Å². The van der Waals surface area contributed by atoms with Crippen LogP contribution in [0.5, 0.6) is 5.75 Å². The lowest BCUT2D eigenvalue weighted by Crippen LogP contribution is -2.34. The molecule has 1 amide bonds. The smallest absolute Gasteiger partial charge is 0.257 e. The van der Waals surface area contributed by atoms with Gasteiger partial charge in [-0.05, 0) is 67.0 Å². The van der Waals surface area contributed by atoms with Gasteiger partial charge in [-0.3, -0.25) is 10.1 Å². The standard InChI is InChI=1S/C25H24ClN3O2S/c26-21-9-6-10-22(23(21)29-15-4-5-16-29)27-25(32)28-24(30)19-11-13-20(14-12-19)31-17-18-7-2-1-3-8-18/h1-3,6-14H,4-5,15-17H2,(H2,27,28,30,32). The van der Waals surface area contributed by atoms with Crippen LogP contribution in [0.2, 0.25) is 5.02 Å². The first-order valence-electron chi connectivity index (χ1n) is 10.5. The number of anilines is 2. The number of hydrogen-bond donors (Lipinski definition) is 2.